The molecule has 0 fully saturated rings. The van der Waals surface area contributed by atoms with E-state index in [1.54, 1.807) is 13.8 Å². The van der Waals surface area contributed by atoms with Crippen molar-refractivity contribution in [3.8, 4) is 0 Å². The summed E-state index contributed by atoms with van der Waals surface area (Å²) < 4.78 is 11.6. The highest BCUT2D eigenvalue weighted by molar-refractivity contribution is 6.62. The molecule has 0 radical (unpaired) electrons. The van der Waals surface area contributed by atoms with Crippen LogP contribution < -0.4 is 16.7 Å². The van der Waals surface area contributed by atoms with Gasteiger partial charge >= 0.3 is 17.6 Å². The molecule has 2 heterocycles. The normalized spacial score (nSPS) is 10.5. The molecule has 2 aromatic rings. The summed E-state index contributed by atoms with van der Waals surface area (Å²) >= 11 is 0. The first-order valence-corrected chi connectivity index (χ1v) is 7.65. The molecule has 0 unspecified atom stereocenters. The summed E-state index contributed by atoms with van der Waals surface area (Å²) in [5, 5.41) is 3.66. The van der Waals surface area contributed by atoms with Crippen LogP contribution >= 0.6 is 0 Å². The van der Waals surface area contributed by atoms with Crippen molar-refractivity contribution < 1.29 is 19.1 Å². The molecule has 0 bridgehead atoms. The first kappa shape index (κ1) is 18.9. The van der Waals surface area contributed by atoms with Crippen LogP contribution in [0.5, 0.6) is 0 Å². The third kappa shape index (κ3) is 3.48. The number of carbonyl (C=O) groups excluding carboxylic acids is 2. The van der Waals surface area contributed by atoms with Crippen molar-refractivity contribution in [3.63, 3.8) is 0 Å². The van der Waals surface area contributed by atoms with Gasteiger partial charge in [0.1, 0.15) is 0 Å². The number of esters is 2. The summed E-state index contributed by atoms with van der Waals surface area (Å²) in [6.07, 6.45) is 0. The van der Waals surface area contributed by atoms with Gasteiger partial charge in [0.15, 0.2) is 11.2 Å². The highest BCUT2D eigenvalue weighted by Gasteiger charge is 2.24. The number of ether oxygens (including phenoxy) is 2. The number of carbonyl (C=O) groups is 2. The minimum Gasteiger partial charge on any atom is -0.461 e. The summed E-state index contributed by atoms with van der Waals surface area (Å²) in [6, 6.07) is 0. The van der Waals surface area contributed by atoms with E-state index in [0.29, 0.717) is 0 Å². The molecule has 0 amide bonds. The van der Waals surface area contributed by atoms with Gasteiger partial charge in [-0.15, -0.1) is 0 Å². The lowest BCUT2D eigenvalue weighted by Crippen LogP contribution is -2.36. The maximum atomic E-state index is 12.1. The van der Waals surface area contributed by atoms with Gasteiger partial charge < -0.3 is 14.5 Å². The number of fused-ring (bicyclic) bond motifs is 1. The van der Waals surface area contributed by atoms with Gasteiger partial charge in [0.05, 0.1) is 13.2 Å². The monoisotopic (exact) mass is 366 g/mol. The Labute approximate surface area is 146 Å². The zero-order valence-electron chi connectivity index (χ0n) is 14.7. The number of nitrogens with one attached hydrogen (secondary N) is 2. The number of hydrogen-bond donors (Lipinski definition) is 2. The van der Waals surface area contributed by atoms with Crippen molar-refractivity contribution >= 4 is 34.8 Å². The van der Waals surface area contributed by atoms with Crippen LogP contribution in [0.1, 0.15) is 13.8 Å². The van der Waals surface area contributed by atoms with E-state index < -0.39 is 28.9 Å². The minimum atomic E-state index is -0.974. The number of hydrogen-bond acceptors (Lipinski definition) is 9. The smallest absolute Gasteiger partial charge is 0.366 e. The molecule has 26 heavy (non-hydrogen) atoms. The fraction of sp³-hybridized carbons (Fsp3) is 0.429. The Hall–Kier alpha value is -3.44. The van der Waals surface area contributed by atoms with Gasteiger partial charge in [0, 0.05) is 14.1 Å². The maximum absolute atomic E-state index is 12.1. The van der Waals surface area contributed by atoms with Crippen LogP contribution in [-0.4, -0.2) is 50.0 Å². The number of hydrazone groups is 1. The number of aromatic amines is 1. The van der Waals surface area contributed by atoms with Crippen LogP contribution in [-0.2, 0) is 33.2 Å². The Balaban J connectivity index is 2.43. The Morgan fingerprint density at radius 3 is 2.23 bits per heavy atom. The zero-order valence-corrected chi connectivity index (χ0v) is 14.7. The van der Waals surface area contributed by atoms with E-state index in [9.17, 15) is 19.2 Å². The first-order valence-electron chi connectivity index (χ1n) is 7.65. The summed E-state index contributed by atoms with van der Waals surface area (Å²) in [4.78, 5) is 54.3. The largest absolute Gasteiger partial charge is 0.461 e. The molecule has 12 heteroatoms. The summed E-state index contributed by atoms with van der Waals surface area (Å²) in [5.74, 6) is -2.00. The molecular formula is C14H18N6O6. The highest BCUT2D eigenvalue weighted by Crippen LogP contribution is 2.08. The molecule has 2 aromatic heterocycles. The van der Waals surface area contributed by atoms with Crippen molar-refractivity contribution in [2.45, 2.75) is 13.8 Å². The predicted octanol–water partition coefficient (Wildman–Crippen LogP) is -1.15. The van der Waals surface area contributed by atoms with E-state index in [-0.39, 0.29) is 30.3 Å². The van der Waals surface area contributed by atoms with Crippen LogP contribution in [0.4, 0.5) is 5.95 Å². The molecular weight excluding hydrogens is 348 g/mol. The third-order valence-corrected chi connectivity index (χ3v) is 3.31. The molecule has 0 aliphatic heterocycles. The quantitative estimate of drug-likeness (QED) is 0.282. The minimum absolute atomic E-state index is 0.0417. The van der Waals surface area contributed by atoms with Crippen LogP contribution in [0.25, 0.3) is 11.2 Å². The Bertz CT molecular complexity index is 978. The predicted molar refractivity (Wildman–Crippen MR) is 90.9 cm³/mol. The summed E-state index contributed by atoms with van der Waals surface area (Å²) in [7, 11) is 2.77. The van der Waals surface area contributed by atoms with Crippen molar-refractivity contribution in [3.05, 3.63) is 20.8 Å². The molecule has 0 saturated heterocycles. The number of anilines is 1. The van der Waals surface area contributed by atoms with E-state index in [0.717, 1.165) is 4.57 Å². The molecule has 140 valence electrons. The molecule has 0 aliphatic rings. The van der Waals surface area contributed by atoms with Crippen LogP contribution in [0.3, 0.4) is 0 Å². The van der Waals surface area contributed by atoms with Crippen LogP contribution in [0, 0.1) is 0 Å². The van der Waals surface area contributed by atoms with Gasteiger partial charge in [0.2, 0.25) is 5.95 Å². The zero-order chi connectivity index (χ0) is 19.4. The molecule has 2 N–H and O–H groups in total. The van der Waals surface area contributed by atoms with E-state index in [4.69, 9.17) is 9.47 Å². The average molecular weight is 366 g/mol. The number of H-pyrrole nitrogens is 1. The molecule has 0 spiro atoms. The van der Waals surface area contributed by atoms with Gasteiger partial charge in [-0.3, -0.25) is 13.9 Å². The van der Waals surface area contributed by atoms with Gasteiger partial charge in [0.25, 0.3) is 11.3 Å². The number of aromatic nitrogens is 4. The van der Waals surface area contributed by atoms with E-state index in [1.165, 1.54) is 18.7 Å². The van der Waals surface area contributed by atoms with Crippen molar-refractivity contribution in [1.82, 2.24) is 19.1 Å². The number of nitrogens with zero attached hydrogens (tertiary/aromatic N) is 4. The SMILES string of the molecule is CCOC(=O)C(=NNc1nc2c([nH]1)c(=O)n(C)c(=O)n2C)C(=O)OCC. The third-order valence-electron chi connectivity index (χ3n) is 3.31. The molecule has 0 atom stereocenters. The van der Waals surface area contributed by atoms with Crippen molar-refractivity contribution in [2.24, 2.45) is 19.2 Å². The lowest BCUT2D eigenvalue weighted by molar-refractivity contribution is -0.140. The molecule has 0 saturated carbocycles. The molecule has 0 aromatic carbocycles. The summed E-state index contributed by atoms with van der Waals surface area (Å²) in [5.41, 5.74) is 0.759. The second-order valence-corrected chi connectivity index (χ2v) is 5.00. The summed E-state index contributed by atoms with van der Waals surface area (Å²) in [6.45, 7) is 3.23. The van der Waals surface area contributed by atoms with Gasteiger partial charge in [-0.2, -0.15) is 10.1 Å². The number of rotatable bonds is 6. The highest BCUT2D eigenvalue weighted by atomic mass is 16.6. The lowest BCUT2D eigenvalue weighted by atomic mass is 10.4. The lowest BCUT2D eigenvalue weighted by Gasteiger charge is -2.05. The fourth-order valence-corrected chi connectivity index (χ4v) is 2.06. The Morgan fingerprint density at radius 1 is 1.12 bits per heavy atom. The second-order valence-electron chi connectivity index (χ2n) is 5.00. The van der Waals surface area contributed by atoms with Crippen molar-refractivity contribution in [2.75, 3.05) is 18.6 Å². The molecule has 2 rings (SSSR count). The van der Waals surface area contributed by atoms with Gasteiger partial charge in [-0.1, -0.05) is 0 Å². The molecule has 0 aliphatic carbocycles. The van der Waals surface area contributed by atoms with Crippen molar-refractivity contribution in [1.29, 1.82) is 0 Å². The van der Waals surface area contributed by atoms with Crippen LogP contribution in [0.2, 0.25) is 0 Å². The first-order chi connectivity index (χ1) is 12.3. The number of aryl methyl sites for hydroxylation is 1. The number of imidazole rings is 1. The standard InChI is InChI=1S/C14H18N6O6/c1-5-25-11(22)8(12(23)26-6-2)17-18-13-15-7-9(16-13)19(3)14(24)20(4)10(7)21/h5-6H2,1-4H3,(H2,15,16,18). The molecule has 12 nitrogen and oxygen atoms in total. The average Bonchev–Trinajstić information content (AvgIpc) is 3.03. The van der Waals surface area contributed by atoms with Gasteiger partial charge in [-0.25, -0.2) is 19.8 Å². The second kappa shape index (κ2) is 7.63. The van der Waals surface area contributed by atoms with E-state index >= 15 is 0 Å². The fourth-order valence-electron chi connectivity index (χ4n) is 2.06. The van der Waals surface area contributed by atoms with Gasteiger partial charge in [-0.05, 0) is 13.8 Å². The Morgan fingerprint density at radius 2 is 1.69 bits per heavy atom. The maximum Gasteiger partial charge on any atom is 0.366 e. The topological polar surface area (TPSA) is 150 Å². The van der Waals surface area contributed by atoms with E-state index in [1.807, 2.05) is 0 Å². The van der Waals surface area contributed by atoms with E-state index in [2.05, 4.69) is 20.5 Å². The van der Waals surface area contributed by atoms with Crippen LogP contribution in [0.15, 0.2) is 14.7 Å². The Kier molecular flexibility index (Phi) is 5.54.